The zero-order chi connectivity index (χ0) is 19.4. The van der Waals surface area contributed by atoms with E-state index in [1.165, 1.54) is 6.07 Å². The molecule has 6 heteroatoms. The molecule has 146 valence electrons. The first-order valence-electron chi connectivity index (χ1n) is 9.41. The normalized spacial score (nSPS) is 19.7. The maximum Gasteiger partial charge on any atom is 0.240 e. The molecule has 0 spiro atoms. The molecule has 4 nitrogen and oxygen atoms in total. The summed E-state index contributed by atoms with van der Waals surface area (Å²) in [6, 6.07) is 13.7. The minimum Gasteiger partial charge on any atom is -0.296 e. The highest BCUT2D eigenvalue weighted by Crippen LogP contribution is 2.27. The van der Waals surface area contributed by atoms with Crippen LogP contribution in [0.25, 0.3) is 0 Å². The van der Waals surface area contributed by atoms with E-state index in [0.29, 0.717) is 11.4 Å². The van der Waals surface area contributed by atoms with Gasteiger partial charge in [0.15, 0.2) is 0 Å². The summed E-state index contributed by atoms with van der Waals surface area (Å²) in [5.41, 5.74) is 1.99. The Bertz CT molecular complexity index is 868. The Balaban J connectivity index is 1.60. The summed E-state index contributed by atoms with van der Waals surface area (Å²) in [4.78, 5) is 2.61. The number of nitrogens with one attached hydrogen (secondary N) is 1. The van der Waals surface area contributed by atoms with Gasteiger partial charge in [0.2, 0.25) is 10.0 Å². The molecule has 1 aliphatic rings. The van der Waals surface area contributed by atoms with Crippen LogP contribution < -0.4 is 4.72 Å². The van der Waals surface area contributed by atoms with E-state index in [1.807, 2.05) is 13.0 Å². The van der Waals surface area contributed by atoms with Crippen molar-refractivity contribution in [3.63, 3.8) is 0 Å². The van der Waals surface area contributed by atoms with Gasteiger partial charge in [0.25, 0.3) is 0 Å². The lowest BCUT2D eigenvalue weighted by atomic mass is 9.95. The fourth-order valence-electron chi connectivity index (χ4n) is 3.62. The van der Waals surface area contributed by atoms with Gasteiger partial charge in [0, 0.05) is 19.1 Å². The Morgan fingerprint density at radius 1 is 1.22 bits per heavy atom. The second kappa shape index (κ2) is 8.50. The number of aryl methyl sites for hydroxylation is 1. The smallest absolute Gasteiger partial charge is 0.240 e. The Morgan fingerprint density at radius 2 is 1.96 bits per heavy atom. The van der Waals surface area contributed by atoms with E-state index in [0.717, 1.165) is 37.1 Å². The quantitative estimate of drug-likeness (QED) is 0.814. The Labute approximate surface area is 161 Å². The number of benzene rings is 2. The summed E-state index contributed by atoms with van der Waals surface area (Å²) in [5.74, 6) is 0.0220. The van der Waals surface area contributed by atoms with Crippen molar-refractivity contribution in [1.29, 1.82) is 0 Å². The van der Waals surface area contributed by atoms with Crippen LogP contribution in [0.15, 0.2) is 53.4 Å². The zero-order valence-corrected chi connectivity index (χ0v) is 16.7. The summed E-state index contributed by atoms with van der Waals surface area (Å²) >= 11 is 0. The van der Waals surface area contributed by atoms with Crippen LogP contribution in [0.4, 0.5) is 4.39 Å². The molecule has 2 aromatic rings. The lowest BCUT2D eigenvalue weighted by Gasteiger charge is -2.37. The van der Waals surface area contributed by atoms with Crippen LogP contribution in [0.5, 0.6) is 0 Å². The molecule has 1 heterocycles. The number of piperidine rings is 1. The van der Waals surface area contributed by atoms with Gasteiger partial charge in [0.05, 0.1) is 4.90 Å². The maximum absolute atomic E-state index is 13.5. The molecule has 0 aliphatic carbocycles. The van der Waals surface area contributed by atoms with Crippen LogP contribution in [0.2, 0.25) is 0 Å². The predicted molar refractivity (Wildman–Crippen MR) is 105 cm³/mol. The number of sulfonamides is 1. The molecule has 0 amide bonds. The average Bonchev–Trinajstić information content (AvgIpc) is 2.66. The standard InChI is InChI=1S/C21H27FN2O2S/c1-16-8-10-21(11-9-16)27(25,26)23-14-18-5-4-12-24(15-18)17(2)19-6-3-7-20(22)13-19/h3,6-11,13,17-18,23H,4-5,12,14-15H2,1-2H3. The molecule has 1 fully saturated rings. The number of rotatable bonds is 6. The summed E-state index contributed by atoms with van der Waals surface area (Å²) in [7, 11) is -3.49. The largest absolute Gasteiger partial charge is 0.296 e. The van der Waals surface area contributed by atoms with Gasteiger partial charge in [-0.1, -0.05) is 29.8 Å². The van der Waals surface area contributed by atoms with Gasteiger partial charge in [-0.05, 0) is 69.0 Å². The summed E-state index contributed by atoms with van der Waals surface area (Å²) in [6.45, 7) is 6.17. The molecule has 0 saturated carbocycles. The summed E-state index contributed by atoms with van der Waals surface area (Å²) in [6.07, 6.45) is 2.00. The summed E-state index contributed by atoms with van der Waals surface area (Å²) < 4.78 is 41.3. The zero-order valence-electron chi connectivity index (χ0n) is 15.9. The van der Waals surface area contributed by atoms with E-state index in [-0.39, 0.29) is 17.8 Å². The van der Waals surface area contributed by atoms with Gasteiger partial charge >= 0.3 is 0 Å². The van der Waals surface area contributed by atoms with Crippen molar-refractivity contribution in [2.24, 2.45) is 5.92 Å². The topological polar surface area (TPSA) is 49.4 Å². The van der Waals surface area contributed by atoms with Gasteiger partial charge < -0.3 is 0 Å². The fourth-order valence-corrected chi connectivity index (χ4v) is 4.74. The van der Waals surface area contributed by atoms with Gasteiger partial charge in [-0.15, -0.1) is 0 Å². The third-order valence-electron chi connectivity index (χ3n) is 5.32. The molecular formula is C21H27FN2O2S. The van der Waals surface area contributed by atoms with Gasteiger partial charge in [-0.2, -0.15) is 0 Å². The third kappa shape index (κ3) is 5.15. The van der Waals surface area contributed by atoms with E-state index in [2.05, 4.69) is 16.5 Å². The SMILES string of the molecule is Cc1ccc(S(=O)(=O)NCC2CCCN(C(C)c3cccc(F)c3)C2)cc1. The number of likely N-dealkylation sites (tertiary alicyclic amines) is 1. The van der Waals surface area contributed by atoms with E-state index >= 15 is 0 Å². The Kier molecular flexibility index (Phi) is 6.29. The van der Waals surface area contributed by atoms with Crippen LogP contribution in [0.1, 0.15) is 36.9 Å². The van der Waals surface area contributed by atoms with E-state index in [9.17, 15) is 12.8 Å². The lowest BCUT2D eigenvalue weighted by Crippen LogP contribution is -2.41. The fraction of sp³-hybridized carbons (Fsp3) is 0.429. The second-order valence-corrected chi connectivity index (χ2v) is 9.17. The van der Waals surface area contributed by atoms with Crippen molar-refractivity contribution in [1.82, 2.24) is 9.62 Å². The minimum atomic E-state index is -3.49. The molecule has 1 aliphatic heterocycles. The predicted octanol–water partition coefficient (Wildman–Crippen LogP) is 3.89. The molecule has 3 rings (SSSR count). The van der Waals surface area contributed by atoms with Crippen LogP contribution in [0, 0.1) is 18.7 Å². The number of nitrogens with zero attached hydrogens (tertiary/aromatic N) is 1. The number of hydrogen-bond donors (Lipinski definition) is 1. The van der Waals surface area contributed by atoms with Crippen molar-refractivity contribution in [3.05, 3.63) is 65.5 Å². The van der Waals surface area contributed by atoms with Crippen LogP contribution in [-0.2, 0) is 10.0 Å². The molecule has 0 aromatic heterocycles. The number of halogens is 1. The highest BCUT2D eigenvalue weighted by molar-refractivity contribution is 7.89. The lowest BCUT2D eigenvalue weighted by molar-refractivity contribution is 0.133. The van der Waals surface area contributed by atoms with Crippen molar-refractivity contribution >= 4 is 10.0 Å². The van der Waals surface area contributed by atoms with E-state index in [1.54, 1.807) is 36.4 Å². The second-order valence-electron chi connectivity index (χ2n) is 7.40. The summed E-state index contributed by atoms with van der Waals surface area (Å²) in [5, 5.41) is 0. The molecule has 0 radical (unpaired) electrons. The van der Waals surface area contributed by atoms with E-state index in [4.69, 9.17) is 0 Å². The minimum absolute atomic E-state index is 0.109. The first-order chi connectivity index (χ1) is 12.8. The molecule has 2 aromatic carbocycles. The van der Waals surface area contributed by atoms with Crippen molar-refractivity contribution in [2.75, 3.05) is 19.6 Å². The Hall–Kier alpha value is -1.76. The number of hydrogen-bond acceptors (Lipinski definition) is 3. The highest BCUT2D eigenvalue weighted by atomic mass is 32.2. The molecular weight excluding hydrogens is 363 g/mol. The van der Waals surface area contributed by atoms with Gasteiger partial charge in [-0.25, -0.2) is 17.5 Å². The third-order valence-corrected chi connectivity index (χ3v) is 6.76. The van der Waals surface area contributed by atoms with Gasteiger partial charge in [0.1, 0.15) is 5.82 Å². The first-order valence-corrected chi connectivity index (χ1v) is 10.9. The molecule has 1 N–H and O–H groups in total. The highest BCUT2D eigenvalue weighted by Gasteiger charge is 2.26. The maximum atomic E-state index is 13.5. The molecule has 2 atom stereocenters. The Morgan fingerprint density at radius 3 is 2.67 bits per heavy atom. The van der Waals surface area contributed by atoms with Crippen molar-refractivity contribution in [3.8, 4) is 0 Å². The molecule has 27 heavy (non-hydrogen) atoms. The van der Waals surface area contributed by atoms with Gasteiger partial charge in [-0.3, -0.25) is 4.90 Å². The van der Waals surface area contributed by atoms with Crippen molar-refractivity contribution < 1.29 is 12.8 Å². The molecule has 2 unspecified atom stereocenters. The van der Waals surface area contributed by atoms with Crippen molar-refractivity contribution in [2.45, 2.75) is 37.6 Å². The average molecular weight is 391 g/mol. The molecule has 0 bridgehead atoms. The first kappa shape index (κ1) is 20.0. The monoisotopic (exact) mass is 390 g/mol. The van der Waals surface area contributed by atoms with Crippen LogP contribution in [0.3, 0.4) is 0 Å². The van der Waals surface area contributed by atoms with E-state index < -0.39 is 10.0 Å². The molecule has 1 saturated heterocycles. The van der Waals surface area contributed by atoms with Crippen LogP contribution >= 0.6 is 0 Å². The van der Waals surface area contributed by atoms with Crippen LogP contribution in [-0.4, -0.2) is 33.0 Å².